The van der Waals surface area contributed by atoms with E-state index < -0.39 is 0 Å². The molecule has 262 valence electrons. The van der Waals surface area contributed by atoms with E-state index in [1.807, 2.05) is 0 Å². The number of nitrogens with one attached hydrogen (secondary N) is 1. The number of rotatable bonds is 34. The van der Waals surface area contributed by atoms with E-state index in [9.17, 15) is 4.79 Å². The number of carbonyl (C=O) groups excluding carboxylic acids is 1. The van der Waals surface area contributed by atoms with Gasteiger partial charge in [-0.05, 0) is 50.4 Å². The van der Waals surface area contributed by atoms with Crippen molar-refractivity contribution in [1.82, 2.24) is 5.32 Å². The second-order valence-corrected chi connectivity index (χ2v) is 14.5. The van der Waals surface area contributed by atoms with Crippen molar-refractivity contribution >= 4 is 6.09 Å². The third kappa shape index (κ3) is 33.9. The maximum absolute atomic E-state index is 12.3. The summed E-state index contributed by atoms with van der Waals surface area (Å²) in [5.74, 6) is 1.49. The van der Waals surface area contributed by atoms with E-state index >= 15 is 0 Å². The third-order valence-electron chi connectivity index (χ3n) is 9.35. The molecule has 1 amide bonds. The van der Waals surface area contributed by atoms with Crippen molar-refractivity contribution in [1.29, 1.82) is 0 Å². The van der Waals surface area contributed by atoms with Gasteiger partial charge in [0, 0.05) is 6.54 Å². The molecular weight excluding hydrogens is 538 g/mol. The van der Waals surface area contributed by atoms with Crippen molar-refractivity contribution in [2.45, 2.75) is 221 Å². The van der Waals surface area contributed by atoms with Gasteiger partial charge < -0.3 is 10.1 Å². The minimum absolute atomic E-state index is 0.250. The number of ether oxygens (including phenoxy) is 1. The quantitative estimate of drug-likeness (QED) is 0.0575. The van der Waals surface area contributed by atoms with Crippen LogP contribution in [0.5, 0.6) is 0 Å². The molecule has 0 saturated carbocycles. The maximum Gasteiger partial charge on any atom is 0.407 e. The first-order chi connectivity index (χ1) is 21.5. The second-order valence-electron chi connectivity index (χ2n) is 14.5. The van der Waals surface area contributed by atoms with Gasteiger partial charge in [-0.2, -0.15) is 0 Å². The van der Waals surface area contributed by atoms with Crippen LogP contribution >= 0.6 is 0 Å². The third-order valence-corrected chi connectivity index (χ3v) is 9.35. The molecule has 3 nitrogen and oxygen atoms in total. The summed E-state index contributed by atoms with van der Waals surface area (Å²) >= 11 is 0. The van der Waals surface area contributed by atoms with Crippen molar-refractivity contribution in [3.05, 3.63) is 11.6 Å². The average Bonchev–Trinajstić information content (AvgIpc) is 3.01. The Morgan fingerprint density at radius 1 is 0.568 bits per heavy atom. The second kappa shape index (κ2) is 34.9. The van der Waals surface area contributed by atoms with Gasteiger partial charge in [-0.1, -0.05) is 194 Å². The van der Waals surface area contributed by atoms with Crippen molar-refractivity contribution in [2.75, 3.05) is 13.2 Å². The molecule has 0 saturated heterocycles. The normalized spacial score (nSPS) is 12.6. The first-order valence-corrected chi connectivity index (χ1v) is 20.1. The zero-order valence-corrected chi connectivity index (χ0v) is 31.0. The van der Waals surface area contributed by atoms with Gasteiger partial charge in [0.1, 0.15) is 0 Å². The van der Waals surface area contributed by atoms with E-state index in [2.05, 4.69) is 46.0 Å². The number of hydrogen-bond donors (Lipinski definition) is 1. The monoisotopic (exact) mass is 620 g/mol. The summed E-state index contributed by atoms with van der Waals surface area (Å²) in [4.78, 5) is 12.3. The van der Waals surface area contributed by atoms with Gasteiger partial charge in [-0.25, -0.2) is 4.79 Å². The molecule has 0 bridgehead atoms. The average molecular weight is 620 g/mol. The molecule has 0 aromatic heterocycles. The minimum atomic E-state index is -0.250. The highest BCUT2D eigenvalue weighted by molar-refractivity contribution is 5.67. The molecule has 44 heavy (non-hydrogen) atoms. The van der Waals surface area contributed by atoms with Gasteiger partial charge in [0.25, 0.3) is 0 Å². The molecule has 0 fully saturated rings. The minimum Gasteiger partial charge on any atom is -0.450 e. The van der Waals surface area contributed by atoms with Gasteiger partial charge in [-0.3, -0.25) is 0 Å². The number of allylic oxidation sites excluding steroid dienone is 1. The number of hydrogen-bond acceptors (Lipinski definition) is 2. The summed E-state index contributed by atoms with van der Waals surface area (Å²) in [6.07, 6.45) is 41.2. The summed E-state index contributed by atoms with van der Waals surface area (Å²) in [6, 6.07) is 0. The zero-order valence-electron chi connectivity index (χ0n) is 31.0. The Kier molecular flexibility index (Phi) is 34.1. The van der Waals surface area contributed by atoms with E-state index in [0.29, 0.717) is 19.1 Å². The largest absolute Gasteiger partial charge is 0.450 e. The first-order valence-electron chi connectivity index (χ1n) is 20.1. The molecule has 1 unspecified atom stereocenters. The smallest absolute Gasteiger partial charge is 0.407 e. The summed E-state index contributed by atoms with van der Waals surface area (Å²) in [7, 11) is 0. The van der Waals surface area contributed by atoms with Gasteiger partial charge in [0.15, 0.2) is 0 Å². The molecule has 0 spiro atoms. The van der Waals surface area contributed by atoms with Crippen LogP contribution < -0.4 is 5.32 Å². The molecule has 0 aromatic rings. The molecule has 0 aromatic carbocycles. The Bertz CT molecular complexity index is 614. The van der Waals surface area contributed by atoms with E-state index in [1.54, 1.807) is 0 Å². The molecule has 0 aliphatic carbocycles. The van der Waals surface area contributed by atoms with Crippen LogP contribution in [0.1, 0.15) is 221 Å². The molecule has 1 N–H and O–H groups in total. The van der Waals surface area contributed by atoms with E-state index in [4.69, 9.17) is 4.74 Å². The highest BCUT2D eigenvalue weighted by Crippen LogP contribution is 2.19. The van der Waals surface area contributed by atoms with Gasteiger partial charge >= 0.3 is 6.09 Å². The molecule has 0 radical (unpaired) electrons. The highest BCUT2D eigenvalue weighted by atomic mass is 16.5. The van der Waals surface area contributed by atoms with Crippen LogP contribution in [0.4, 0.5) is 4.79 Å². The van der Waals surface area contributed by atoms with Crippen LogP contribution in [0.3, 0.4) is 0 Å². The van der Waals surface area contributed by atoms with Gasteiger partial charge in [0.05, 0.1) is 6.61 Å². The standard InChI is InChI=1S/C41H81NO2/c1-6-8-10-12-14-16-17-18-19-20-21-23-25-27-34-40(37-42-41(43)44-36-30-31-38(3)4)35-29-28-33-39(5)32-26-24-22-15-13-11-9-7-2/h35,38-39H,6-34,36-37H2,1-5H3,(H,42,43)/b40-35+. The molecule has 3 heteroatoms. The molecule has 0 aliphatic heterocycles. The molecular formula is C41H81NO2. The zero-order chi connectivity index (χ0) is 32.4. The molecule has 1 atom stereocenters. The van der Waals surface area contributed by atoms with Crippen molar-refractivity contribution in [2.24, 2.45) is 11.8 Å². The lowest BCUT2D eigenvalue weighted by Gasteiger charge is -2.12. The molecule has 0 rings (SSSR count). The highest BCUT2D eigenvalue weighted by Gasteiger charge is 2.06. The van der Waals surface area contributed by atoms with Crippen LogP contribution in [0.2, 0.25) is 0 Å². The number of amides is 1. The Hall–Kier alpha value is -0.990. The fourth-order valence-electron chi connectivity index (χ4n) is 6.25. The topological polar surface area (TPSA) is 38.3 Å². The summed E-state index contributed by atoms with van der Waals surface area (Å²) < 4.78 is 5.43. The SMILES string of the molecule is CCCCCCCCCCCCCCCC/C(=C\CCCC(C)CCCCCCCCCC)CNC(=O)OCCCC(C)C. The predicted octanol–water partition coefficient (Wildman–Crippen LogP) is 14.3. The predicted molar refractivity (Wildman–Crippen MR) is 197 cm³/mol. The molecule has 0 aliphatic rings. The van der Waals surface area contributed by atoms with Gasteiger partial charge in [-0.15, -0.1) is 0 Å². The Labute approximate surface area is 277 Å². The van der Waals surface area contributed by atoms with Crippen molar-refractivity contribution in [3.8, 4) is 0 Å². The summed E-state index contributed by atoms with van der Waals surface area (Å²) in [5, 5.41) is 3.05. The van der Waals surface area contributed by atoms with Crippen molar-refractivity contribution in [3.63, 3.8) is 0 Å². The Morgan fingerprint density at radius 2 is 1.02 bits per heavy atom. The first kappa shape index (κ1) is 43.0. The lowest BCUT2D eigenvalue weighted by atomic mass is 9.96. The van der Waals surface area contributed by atoms with Crippen LogP contribution in [-0.2, 0) is 4.74 Å². The number of alkyl carbamates (subject to hydrolysis) is 1. The Balaban J connectivity index is 4.19. The lowest BCUT2D eigenvalue weighted by Crippen LogP contribution is -2.27. The summed E-state index contributed by atoms with van der Waals surface area (Å²) in [5.41, 5.74) is 1.40. The van der Waals surface area contributed by atoms with Crippen molar-refractivity contribution < 1.29 is 9.53 Å². The van der Waals surface area contributed by atoms with Crippen LogP contribution in [-0.4, -0.2) is 19.2 Å². The van der Waals surface area contributed by atoms with Crippen LogP contribution in [0, 0.1) is 11.8 Å². The van der Waals surface area contributed by atoms with E-state index in [0.717, 1.165) is 31.6 Å². The maximum atomic E-state index is 12.3. The number of unbranched alkanes of at least 4 members (excludes halogenated alkanes) is 21. The number of carbonyl (C=O) groups is 1. The summed E-state index contributed by atoms with van der Waals surface area (Å²) in [6.45, 7) is 12.6. The van der Waals surface area contributed by atoms with Gasteiger partial charge in [0.2, 0.25) is 0 Å². The fraction of sp³-hybridized carbons (Fsp3) is 0.927. The van der Waals surface area contributed by atoms with E-state index in [-0.39, 0.29) is 6.09 Å². The Morgan fingerprint density at radius 3 is 1.52 bits per heavy atom. The van der Waals surface area contributed by atoms with E-state index in [1.165, 1.54) is 166 Å². The lowest BCUT2D eigenvalue weighted by molar-refractivity contribution is 0.143. The molecule has 0 heterocycles. The van der Waals surface area contributed by atoms with Crippen LogP contribution in [0.15, 0.2) is 11.6 Å². The van der Waals surface area contributed by atoms with Crippen LogP contribution in [0.25, 0.3) is 0 Å². The fourth-order valence-corrected chi connectivity index (χ4v) is 6.25.